The molecule has 1 unspecified atom stereocenters. The molecule has 1 N–H and O–H groups in total. The lowest BCUT2D eigenvalue weighted by Crippen LogP contribution is -2.09. The van der Waals surface area contributed by atoms with E-state index < -0.39 is 0 Å². The van der Waals surface area contributed by atoms with E-state index in [0.29, 0.717) is 0 Å². The summed E-state index contributed by atoms with van der Waals surface area (Å²) in [7, 11) is 1.91. The first-order valence-electron chi connectivity index (χ1n) is 4.41. The quantitative estimate of drug-likeness (QED) is 0.839. The van der Waals surface area contributed by atoms with E-state index in [4.69, 9.17) is 0 Å². The zero-order chi connectivity index (χ0) is 9.97. The molecule has 0 saturated carbocycles. The Hall–Kier alpha value is -1.36. The van der Waals surface area contributed by atoms with Crippen LogP contribution in [0.2, 0.25) is 0 Å². The molecule has 0 fully saturated rings. The molecule has 2 aromatic heterocycles. The summed E-state index contributed by atoms with van der Waals surface area (Å²) < 4.78 is 1.81. The molecule has 0 radical (unpaired) electrons. The molecule has 4 nitrogen and oxygen atoms in total. The maximum absolute atomic E-state index is 4.25. The Labute approximate surface area is 86.6 Å². The Bertz CT molecular complexity index is 393. The summed E-state index contributed by atoms with van der Waals surface area (Å²) in [6.07, 6.45) is 3.60. The van der Waals surface area contributed by atoms with Crippen molar-refractivity contribution < 1.29 is 0 Å². The van der Waals surface area contributed by atoms with E-state index in [0.717, 1.165) is 10.8 Å². The fourth-order valence-electron chi connectivity index (χ4n) is 1.25. The molecule has 0 aromatic carbocycles. The molecule has 14 heavy (non-hydrogen) atoms. The average Bonchev–Trinajstić information content (AvgIpc) is 2.77. The van der Waals surface area contributed by atoms with Crippen molar-refractivity contribution in [3.63, 3.8) is 0 Å². The van der Waals surface area contributed by atoms with Crippen LogP contribution in [0.3, 0.4) is 0 Å². The van der Waals surface area contributed by atoms with E-state index in [1.165, 1.54) is 0 Å². The van der Waals surface area contributed by atoms with Gasteiger partial charge in [0, 0.05) is 24.7 Å². The number of rotatable bonds is 3. The van der Waals surface area contributed by atoms with Gasteiger partial charge in [0.05, 0.1) is 12.2 Å². The number of nitrogens with one attached hydrogen (secondary N) is 1. The fourth-order valence-corrected chi connectivity index (χ4v) is 1.89. The molecule has 0 aliphatic rings. The summed E-state index contributed by atoms with van der Waals surface area (Å²) in [5, 5.41) is 10.5. The van der Waals surface area contributed by atoms with Gasteiger partial charge < -0.3 is 5.32 Å². The van der Waals surface area contributed by atoms with Crippen LogP contribution in [0, 0.1) is 0 Å². The third kappa shape index (κ3) is 1.77. The molecular weight excluding hydrogens is 196 g/mol. The molecule has 1 atom stereocenters. The van der Waals surface area contributed by atoms with Crippen LogP contribution in [0.25, 0.3) is 0 Å². The molecule has 5 heteroatoms. The third-order valence-electron chi connectivity index (χ3n) is 2.01. The number of aryl methyl sites for hydroxylation is 1. The number of hydrogen-bond donors (Lipinski definition) is 1. The van der Waals surface area contributed by atoms with Gasteiger partial charge in [-0.15, -0.1) is 11.3 Å². The molecule has 0 spiro atoms. The van der Waals surface area contributed by atoms with Gasteiger partial charge in [-0.3, -0.25) is 4.68 Å². The van der Waals surface area contributed by atoms with Crippen LogP contribution in [0.1, 0.15) is 18.0 Å². The Morgan fingerprint density at radius 1 is 1.50 bits per heavy atom. The smallest absolute Gasteiger partial charge is 0.124 e. The first-order chi connectivity index (χ1) is 6.77. The van der Waals surface area contributed by atoms with E-state index in [-0.39, 0.29) is 6.04 Å². The second kappa shape index (κ2) is 3.79. The number of aromatic nitrogens is 3. The first kappa shape index (κ1) is 9.21. The van der Waals surface area contributed by atoms with E-state index in [9.17, 15) is 0 Å². The zero-order valence-electron chi connectivity index (χ0n) is 8.14. The van der Waals surface area contributed by atoms with Crippen LogP contribution in [0.4, 0.5) is 5.82 Å². The van der Waals surface area contributed by atoms with Gasteiger partial charge in [-0.25, -0.2) is 4.98 Å². The topological polar surface area (TPSA) is 42.7 Å². The second-order valence-corrected chi connectivity index (χ2v) is 4.00. The van der Waals surface area contributed by atoms with Gasteiger partial charge in [-0.2, -0.15) is 5.10 Å². The third-order valence-corrected chi connectivity index (χ3v) is 2.97. The highest BCUT2D eigenvalue weighted by molar-refractivity contribution is 7.09. The van der Waals surface area contributed by atoms with Crippen molar-refractivity contribution in [1.29, 1.82) is 0 Å². The van der Waals surface area contributed by atoms with Crippen molar-refractivity contribution in [3.8, 4) is 0 Å². The van der Waals surface area contributed by atoms with Crippen molar-refractivity contribution in [3.05, 3.63) is 28.8 Å². The summed E-state index contributed by atoms with van der Waals surface area (Å²) >= 11 is 1.66. The summed E-state index contributed by atoms with van der Waals surface area (Å²) in [4.78, 5) is 4.25. The van der Waals surface area contributed by atoms with E-state index >= 15 is 0 Å². The predicted octanol–water partition coefficient (Wildman–Crippen LogP) is 2.05. The molecule has 0 bridgehead atoms. The molecule has 74 valence electrons. The van der Waals surface area contributed by atoms with Crippen molar-refractivity contribution >= 4 is 17.2 Å². The van der Waals surface area contributed by atoms with Crippen LogP contribution in [-0.4, -0.2) is 14.8 Å². The first-order valence-corrected chi connectivity index (χ1v) is 5.29. The molecular formula is C9H12N4S. The number of thiazole rings is 1. The van der Waals surface area contributed by atoms with Crippen LogP contribution in [-0.2, 0) is 7.05 Å². The summed E-state index contributed by atoms with van der Waals surface area (Å²) in [5.41, 5.74) is 0. The van der Waals surface area contributed by atoms with Gasteiger partial charge >= 0.3 is 0 Å². The number of anilines is 1. The lowest BCUT2D eigenvalue weighted by molar-refractivity contribution is 0.749. The maximum atomic E-state index is 4.25. The van der Waals surface area contributed by atoms with E-state index in [1.54, 1.807) is 17.5 Å². The van der Waals surface area contributed by atoms with Gasteiger partial charge in [-0.05, 0) is 6.92 Å². The van der Waals surface area contributed by atoms with Crippen LogP contribution < -0.4 is 5.32 Å². The lowest BCUT2D eigenvalue weighted by atomic mass is 10.3. The highest BCUT2D eigenvalue weighted by atomic mass is 32.1. The Morgan fingerprint density at radius 2 is 2.36 bits per heavy atom. The minimum atomic E-state index is 0.227. The highest BCUT2D eigenvalue weighted by Gasteiger charge is 2.08. The standard InChI is InChI=1S/C9H12N4S/c1-7(9-10-5-6-14-9)12-8-3-4-11-13(8)2/h3-7,12H,1-2H3. The van der Waals surface area contributed by atoms with Crippen molar-refractivity contribution in [2.24, 2.45) is 7.05 Å². The van der Waals surface area contributed by atoms with Crippen molar-refractivity contribution in [2.45, 2.75) is 13.0 Å². The average molecular weight is 208 g/mol. The van der Waals surface area contributed by atoms with Gasteiger partial charge in [0.1, 0.15) is 10.8 Å². The van der Waals surface area contributed by atoms with Gasteiger partial charge in [0.25, 0.3) is 0 Å². The van der Waals surface area contributed by atoms with Crippen molar-refractivity contribution in [1.82, 2.24) is 14.8 Å². The largest absolute Gasteiger partial charge is 0.361 e. The summed E-state index contributed by atoms with van der Waals surface area (Å²) in [6, 6.07) is 2.18. The van der Waals surface area contributed by atoms with Gasteiger partial charge in [0.2, 0.25) is 0 Å². The minimum Gasteiger partial charge on any atom is -0.361 e. The Morgan fingerprint density at radius 3 is 2.93 bits per heavy atom. The molecule has 0 amide bonds. The molecule has 0 aliphatic carbocycles. The fraction of sp³-hybridized carbons (Fsp3) is 0.333. The highest BCUT2D eigenvalue weighted by Crippen LogP contribution is 2.19. The summed E-state index contributed by atoms with van der Waals surface area (Å²) in [6.45, 7) is 2.09. The minimum absolute atomic E-state index is 0.227. The van der Waals surface area contributed by atoms with Gasteiger partial charge in [0.15, 0.2) is 0 Å². The van der Waals surface area contributed by atoms with Crippen molar-refractivity contribution in [2.75, 3.05) is 5.32 Å². The molecule has 2 rings (SSSR count). The number of hydrogen-bond acceptors (Lipinski definition) is 4. The van der Waals surface area contributed by atoms with Gasteiger partial charge in [-0.1, -0.05) is 0 Å². The zero-order valence-corrected chi connectivity index (χ0v) is 8.95. The normalized spacial score (nSPS) is 12.7. The monoisotopic (exact) mass is 208 g/mol. The second-order valence-electron chi connectivity index (χ2n) is 3.08. The van der Waals surface area contributed by atoms with E-state index in [2.05, 4.69) is 22.3 Å². The SMILES string of the molecule is CC(Nc1ccnn1C)c1nccs1. The Balaban J connectivity index is 2.09. The van der Waals surface area contributed by atoms with Crippen LogP contribution in [0.5, 0.6) is 0 Å². The predicted molar refractivity (Wildman–Crippen MR) is 57.4 cm³/mol. The van der Waals surface area contributed by atoms with Crippen LogP contribution in [0.15, 0.2) is 23.8 Å². The molecule has 2 heterocycles. The summed E-state index contributed by atoms with van der Waals surface area (Å²) in [5.74, 6) is 1.01. The molecule has 2 aromatic rings. The number of nitrogens with zero attached hydrogens (tertiary/aromatic N) is 3. The Kier molecular flexibility index (Phi) is 2.49. The van der Waals surface area contributed by atoms with E-state index in [1.807, 2.05) is 29.4 Å². The molecule has 0 aliphatic heterocycles. The molecule has 0 saturated heterocycles. The van der Waals surface area contributed by atoms with Crippen LogP contribution >= 0.6 is 11.3 Å². The maximum Gasteiger partial charge on any atom is 0.124 e. The lowest BCUT2D eigenvalue weighted by Gasteiger charge is -2.11.